The summed E-state index contributed by atoms with van der Waals surface area (Å²) < 4.78 is 15.8. The molecular weight excluding hydrogens is 279 g/mol. The van der Waals surface area contributed by atoms with E-state index in [1.54, 1.807) is 32.3 Å². The van der Waals surface area contributed by atoms with Crippen molar-refractivity contribution in [2.45, 2.75) is 6.92 Å². The van der Waals surface area contributed by atoms with E-state index < -0.39 is 5.82 Å². The fourth-order valence-corrected chi connectivity index (χ4v) is 2.87. The average molecular weight is 290 g/mol. The molecule has 0 spiro atoms. The van der Waals surface area contributed by atoms with Crippen LogP contribution in [-0.4, -0.2) is 20.7 Å². The molecule has 0 saturated heterocycles. The third-order valence-electron chi connectivity index (χ3n) is 2.93. The molecule has 2 aromatic heterocycles. The minimum absolute atomic E-state index is 0.273. The molecule has 0 aliphatic carbocycles. The van der Waals surface area contributed by atoms with Crippen LogP contribution >= 0.6 is 11.3 Å². The lowest BCUT2D eigenvalue weighted by atomic mass is 10.2. The van der Waals surface area contributed by atoms with Crippen LogP contribution < -0.4 is 5.32 Å². The number of carbonyl (C=O) groups is 1. The second-order valence-electron chi connectivity index (χ2n) is 4.36. The zero-order chi connectivity index (χ0) is 14.3. The van der Waals surface area contributed by atoms with Gasteiger partial charge in [-0.1, -0.05) is 17.4 Å². The molecule has 7 heteroatoms. The molecule has 5 nitrogen and oxygen atoms in total. The van der Waals surface area contributed by atoms with Gasteiger partial charge in [-0.25, -0.2) is 9.37 Å². The zero-order valence-electron chi connectivity index (χ0n) is 10.8. The number of hydrogen-bond acceptors (Lipinski definition) is 4. The maximum absolute atomic E-state index is 13.6. The van der Waals surface area contributed by atoms with Crippen LogP contribution in [0.25, 0.3) is 10.2 Å². The van der Waals surface area contributed by atoms with Gasteiger partial charge in [-0.15, -0.1) is 0 Å². The first kappa shape index (κ1) is 12.7. The van der Waals surface area contributed by atoms with Crippen LogP contribution in [0.2, 0.25) is 0 Å². The van der Waals surface area contributed by atoms with E-state index in [0.29, 0.717) is 15.5 Å². The number of thiazole rings is 1. The van der Waals surface area contributed by atoms with Gasteiger partial charge in [-0.05, 0) is 24.6 Å². The van der Waals surface area contributed by atoms with Crippen LogP contribution in [0, 0.1) is 12.7 Å². The number of fused-ring (bicyclic) bond motifs is 1. The molecular formula is C13H11FN4OS. The van der Waals surface area contributed by atoms with Gasteiger partial charge in [0.2, 0.25) is 0 Å². The summed E-state index contributed by atoms with van der Waals surface area (Å²) in [6.45, 7) is 1.81. The highest BCUT2D eigenvalue weighted by molar-refractivity contribution is 7.22. The second-order valence-corrected chi connectivity index (χ2v) is 5.39. The fourth-order valence-electron chi connectivity index (χ4n) is 2.00. The van der Waals surface area contributed by atoms with E-state index in [1.165, 1.54) is 22.1 Å². The van der Waals surface area contributed by atoms with Crippen molar-refractivity contribution in [3.8, 4) is 0 Å². The quantitative estimate of drug-likeness (QED) is 0.789. The molecule has 0 unspecified atom stereocenters. The maximum Gasteiger partial charge on any atom is 0.275 e. The van der Waals surface area contributed by atoms with Gasteiger partial charge in [-0.3, -0.25) is 14.8 Å². The fraction of sp³-hybridized carbons (Fsp3) is 0.154. The van der Waals surface area contributed by atoms with Gasteiger partial charge in [-0.2, -0.15) is 5.10 Å². The lowest BCUT2D eigenvalue weighted by molar-refractivity contribution is 0.101. The van der Waals surface area contributed by atoms with E-state index >= 15 is 0 Å². The number of nitrogens with one attached hydrogen (secondary N) is 1. The molecule has 2 heterocycles. The minimum atomic E-state index is -0.393. The zero-order valence-corrected chi connectivity index (χ0v) is 11.7. The Hall–Kier alpha value is -2.28. The third kappa shape index (κ3) is 2.05. The summed E-state index contributed by atoms with van der Waals surface area (Å²) in [4.78, 5) is 16.3. The summed E-state index contributed by atoms with van der Waals surface area (Å²) in [6, 6.07) is 4.73. The third-order valence-corrected chi connectivity index (χ3v) is 3.86. The molecule has 1 amide bonds. The number of nitrogens with zero attached hydrogens (tertiary/aromatic N) is 3. The molecule has 102 valence electrons. The van der Waals surface area contributed by atoms with Crippen molar-refractivity contribution in [3.05, 3.63) is 41.5 Å². The van der Waals surface area contributed by atoms with Crippen molar-refractivity contribution in [3.63, 3.8) is 0 Å². The molecule has 20 heavy (non-hydrogen) atoms. The smallest absolute Gasteiger partial charge is 0.275 e. The van der Waals surface area contributed by atoms with Crippen LogP contribution in [0.1, 0.15) is 16.1 Å². The predicted octanol–water partition coefficient (Wildman–Crippen LogP) is 2.73. The summed E-state index contributed by atoms with van der Waals surface area (Å²) in [6.07, 6.45) is 1.62. The van der Waals surface area contributed by atoms with E-state index in [9.17, 15) is 9.18 Å². The van der Waals surface area contributed by atoms with Crippen LogP contribution in [0.5, 0.6) is 0 Å². The second kappa shape index (κ2) is 4.68. The molecule has 0 bridgehead atoms. The van der Waals surface area contributed by atoms with Gasteiger partial charge < -0.3 is 0 Å². The average Bonchev–Trinajstić information content (AvgIpc) is 2.94. The molecule has 0 aliphatic rings. The Kier molecular flexibility index (Phi) is 2.98. The number of benzene rings is 1. The van der Waals surface area contributed by atoms with Crippen LogP contribution in [0.15, 0.2) is 24.4 Å². The Morgan fingerprint density at radius 2 is 2.25 bits per heavy atom. The van der Waals surface area contributed by atoms with Gasteiger partial charge in [0.25, 0.3) is 5.91 Å². The van der Waals surface area contributed by atoms with Crippen molar-refractivity contribution in [2.24, 2.45) is 7.05 Å². The first-order valence-electron chi connectivity index (χ1n) is 5.91. The monoisotopic (exact) mass is 290 g/mol. The number of carbonyl (C=O) groups excluding carboxylic acids is 1. The number of aryl methyl sites for hydroxylation is 2. The van der Waals surface area contributed by atoms with E-state index in [0.717, 1.165) is 5.56 Å². The molecule has 3 aromatic rings. The number of hydrogen-bond donors (Lipinski definition) is 1. The molecule has 0 radical (unpaired) electrons. The summed E-state index contributed by atoms with van der Waals surface area (Å²) in [5, 5.41) is 7.07. The summed E-state index contributed by atoms with van der Waals surface area (Å²) in [5.74, 6) is -0.696. The van der Waals surface area contributed by atoms with Gasteiger partial charge in [0, 0.05) is 7.05 Å². The van der Waals surface area contributed by atoms with Crippen LogP contribution in [0.3, 0.4) is 0 Å². The molecule has 3 rings (SSSR count). The van der Waals surface area contributed by atoms with Crippen molar-refractivity contribution in [1.29, 1.82) is 0 Å². The number of amides is 1. The van der Waals surface area contributed by atoms with Crippen LogP contribution in [0.4, 0.5) is 9.52 Å². The number of aromatic nitrogens is 3. The number of rotatable bonds is 2. The number of anilines is 1. The van der Waals surface area contributed by atoms with Crippen molar-refractivity contribution < 1.29 is 9.18 Å². The summed E-state index contributed by atoms with van der Waals surface area (Å²) >= 11 is 1.24. The molecule has 0 fully saturated rings. The largest absolute Gasteiger partial charge is 0.296 e. The first-order chi connectivity index (χ1) is 9.56. The van der Waals surface area contributed by atoms with Gasteiger partial charge >= 0.3 is 0 Å². The van der Waals surface area contributed by atoms with E-state index in [1.807, 2.05) is 0 Å². The summed E-state index contributed by atoms with van der Waals surface area (Å²) in [7, 11) is 1.69. The molecule has 1 aromatic carbocycles. The van der Waals surface area contributed by atoms with Gasteiger partial charge in [0.1, 0.15) is 17.0 Å². The SMILES string of the molecule is Cc1cnn(C)c1C(=O)Nc1nc2c(F)cccc2s1. The Balaban J connectivity index is 1.94. The normalized spacial score (nSPS) is 10.9. The lowest BCUT2D eigenvalue weighted by Gasteiger charge is -2.02. The molecule has 0 saturated carbocycles. The van der Waals surface area contributed by atoms with Gasteiger partial charge in [0.15, 0.2) is 5.13 Å². The van der Waals surface area contributed by atoms with Crippen LogP contribution in [-0.2, 0) is 7.05 Å². The molecule has 0 atom stereocenters. The number of para-hydroxylation sites is 1. The Morgan fingerprint density at radius 3 is 2.90 bits per heavy atom. The molecule has 0 aliphatic heterocycles. The highest BCUT2D eigenvalue weighted by atomic mass is 32.1. The van der Waals surface area contributed by atoms with Crippen molar-refractivity contribution in [2.75, 3.05) is 5.32 Å². The van der Waals surface area contributed by atoms with E-state index in [-0.39, 0.29) is 11.4 Å². The Bertz CT molecular complexity index is 788. The van der Waals surface area contributed by atoms with Crippen molar-refractivity contribution in [1.82, 2.24) is 14.8 Å². The Morgan fingerprint density at radius 1 is 1.45 bits per heavy atom. The minimum Gasteiger partial charge on any atom is -0.296 e. The maximum atomic E-state index is 13.6. The highest BCUT2D eigenvalue weighted by Gasteiger charge is 2.16. The molecule has 1 N–H and O–H groups in total. The lowest BCUT2D eigenvalue weighted by Crippen LogP contribution is -2.17. The number of halogens is 1. The standard InChI is InChI=1S/C13H11FN4OS/c1-7-6-15-18(2)11(7)12(19)17-13-16-10-8(14)4-3-5-9(10)20-13/h3-6H,1-2H3,(H,16,17,19). The Labute approximate surface area is 118 Å². The van der Waals surface area contributed by atoms with E-state index in [2.05, 4.69) is 15.4 Å². The van der Waals surface area contributed by atoms with Gasteiger partial charge in [0.05, 0.1) is 10.9 Å². The highest BCUT2D eigenvalue weighted by Crippen LogP contribution is 2.27. The topological polar surface area (TPSA) is 59.8 Å². The van der Waals surface area contributed by atoms with Crippen molar-refractivity contribution >= 4 is 32.6 Å². The summed E-state index contributed by atoms with van der Waals surface area (Å²) in [5.41, 5.74) is 1.51. The predicted molar refractivity (Wildman–Crippen MR) is 75.5 cm³/mol. The van der Waals surface area contributed by atoms with E-state index in [4.69, 9.17) is 0 Å². The first-order valence-corrected chi connectivity index (χ1v) is 6.73.